The van der Waals surface area contributed by atoms with Gasteiger partial charge in [-0.1, -0.05) is 18.9 Å². The lowest BCUT2D eigenvalue weighted by Crippen LogP contribution is -2.47. The molecule has 5 rings (SSSR count). The standard InChI is InChI=1S/C23H26N4O/c1-14-10-18(11-15(2)24-14)17-8-9-19-21(12-17)27-22(26(3)23(19)28)13-20(25-27)16-6-4-5-7-16/h8-13,16,20,25H,4-7H2,1-3H3. The zero-order valence-corrected chi connectivity index (χ0v) is 16.7. The number of fused-ring (bicyclic) bond motifs is 3. The molecule has 1 aromatic heterocycles. The largest absolute Gasteiger partial charge is 0.296 e. The molecule has 5 nitrogen and oxygen atoms in total. The molecular weight excluding hydrogens is 348 g/mol. The van der Waals surface area contributed by atoms with Gasteiger partial charge in [-0.25, -0.2) is 5.43 Å². The molecule has 3 heterocycles. The van der Waals surface area contributed by atoms with Crippen molar-refractivity contribution in [1.82, 2.24) is 15.3 Å². The Morgan fingerprint density at radius 3 is 2.46 bits per heavy atom. The van der Waals surface area contributed by atoms with E-state index in [0.717, 1.165) is 39.6 Å². The summed E-state index contributed by atoms with van der Waals surface area (Å²) in [6.45, 7) is 4.03. The van der Waals surface area contributed by atoms with Gasteiger partial charge in [-0.15, -0.1) is 0 Å². The molecule has 28 heavy (non-hydrogen) atoms. The Hall–Kier alpha value is -2.66. The van der Waals surface area contributed by atoms with Gasteiger partial charge in [-0.05, 0) is 74.1 Å². The summed E-state index contributed by atoms with van der Waals surface area (Å²) in [5, 5.41) is 2.12. The van der Waals surface area contributed by atoms with E-state index in [1.165, 1.54) is 25.7 Å². The van der Waals surface area contributed by atoms with Gasteiger partial charge in [0.2, 0.25) is 0 Å². The van der Waals surface area contributed by atoms with E-state index in [9.17, 15) is 4.79 Å². The van der Waals surface area contributed by atoms with Crippen LogP contribution in [0.15, 0.2) is 42.2 Å². The van der Waals surface area contributed by atoms with Crippen LogP contribution in [-0.2, 0) is 0 Å². The van der Waals surface area contributed by atoms with Crippen molar-refractivity contribution in [3.05, 3.63) is 59.2 Å². The summed E-state index contributed by atoms with van der Waals surface area (Å²) in [4.78, 5) is 19.2. The van der Waals surface area contributed by atoms with E-state index in [2.05, 4.69) is 39.7 Å². The molecule has 0 spiro atoms. The fraction of sp³-hybridized carbons (Fsp3) is 0.391. The van der Waals surface area contributed by atoms with E-state index in [1.807, 2.05) is 33.0 Å². The smallest absolute Gasteiger partial charge is 0.261 e. The molecule has 1 aliphatic carbocycles. The van der Waals surface area contributed by atoms with E-state index in [1.54, 1.807) is 4.90 Å². The minimum Gasteiger partial charge on any atom is -0.296 e. The van der Waals surface area contributed by atoms with Crippen molar-refractivity contribution in [2.24, 2.45) is 5.92 Å². The van der Waals surface area contributed by atoms with E-state index in [-0.39, 0.29) is 5.91 Å². The number of benzene rings is 1. The van der Waals surface area contributed by atoms with E-state index < -0.39 is 0 Å². The van der Waals surface area contributed by atoms with Crippen molar-refractivity contribution in [2.45, 2.75) is 45.6 Å². The predicted molar refractivity (Wildman–Crippen MR) is 111 cm³/mol. The number of aryl methyl sites for hydroxylation is 2. The minimum atomic E-state index is 0.0556. The molecule has 1 atom stereocenters. The van der Waals surface area contributed by atoms with Gasteiger partial charge in [-0.3, -0.25) is 19.7 Å². The van der Waals surface area contributed by atoms with Gasteiger partial charge in [0.15, 0.2) is 0 Å². The highest BCUT2D eigenvalue weighted by atomic mass is 16.2. The second-order valence-corrected chi connectivity index (χ2v) is 8.29. The van der Waals surface area contributed by atoms with Crippen LogP contribution < -0.4 is 10.4 Å². The fourth-order valence-corrected chi connectivity index (χ4v) is 4.86. The maximum absolute atomic E-state index is 13.0. The van der Waals surface area contributed by atoms with Crippen molar-refractivity contribution < 1.29 is 4.79 Å². The van der Waals surface area contributed by atoms with Crippen LogP contribution in [0, 0.1) is 19.8 Å². The van der Waals surface area contributed by atoms with Crippen molar-refractivity contribution >= 4 is 11.6 Å². The molecule has 0 bridgehead atoms. The highest BCUT2D eigenvalue weighted by Gasteiger charge is 2.39. The second kappa shape index (κ2) is 6.45. The lowest BCUT2D eigenvalue weighted by atomic mass is 9.99. The number of amides is 1. The van der Waals surface area contributed by atoms with Gasteiger partial charge in [0.05, 0.1) is 17.3 Å². The number of carbonyl (C=O) groups excluding carboxylic acids is 1. The number of anilines is 1. The number of pyridine rings is 1. The number of hydrogen-bond acceptors (Lipinski definition) is 4. The molecular formula is C23H26N4O. The monoisotopic (exact) mass is 374 g/mol. The molecule has 2 aliphatic heterocycles. The Balaban J connectivity index is 1.57. The third-order valence-electron chi connectivity index (χ3n) is 6.28. The molecule has 1 amide bonds. The molecule has 0 radical (unpaired) electrons. The lowest BCUT2D eigenvalue weighted by Gasteiger charge is -2.35. The number of nitrogens with one attached hydrogen (secondary N) is 1. The average molecular weight is 374 g/mol. The molecule has 1 fully saturated rings. The number of carbonyl (C=O) groups is 1. The Kier molecular flexibility index (Phi) is 4.02. The predicted octanol–water partition coefficient (Wildman–Crippen LogP) is 4.18. The number of nitrogens with zero attached hydrogens (tertiary/aromatic N) is 3. The summed E-state index contributed by atoms with van der Waals surface area (Å²) in [6.07, 6.45) is 7.37. The van der Waals surface area contributed by atoms with Crippen LogP contribution >= 0.6 is 0 Å². The molecule has 3 aliphatic rings. The maximum atomic E-state index is 13.0. The molecule has 1 aromatic carbocycles. The van der Waals surface area contributed by atoms with Crippen LogP contribution in [0.1, 0.15) is 47.4 Å². The van der Waals surface area contributed by atoms with E-state index in [4.69, 9.17) is 0 Å². The zero-order chi connectivity index (χ0) is 19.4. The molecule has 1 unspecified atom stereocenters. The average Bonchev–Trinajstić information content (AvgIpc) is 3.34. The first kappa shape index (κ1) is 17.4. The van der Waals surface area contributed by atoms with E-state index in [0.29, 0.717) is 12.0 Å². The first-order valence-corrected chi connectivity index (χ1v) is 10.2. The number of hydrogen-bond donors (Lipinski definition) is 1. The fourth-order valence-electron chi connectivity index (χ4n) is 4.86. The van der Waals surface area contributed by atoms with Crippen LogP contribution in [0.3, 0.4) is 0 Å². The van der Waals surface area contributed by atoms with Crippen molar-refractivity contribution in [2.75, 3.05) is 12.1 Å². The first-order chi connectivity index (χ1) is 13.5. The first-order valence-electron chi connectivity index (χ1n) is 10.2. The quantitative estimate of drug-likeness (QED) is 0.857. The Morgan fingerprint density at radius 2 is 1.75 bits per heavy atom. The highest BCUT2D eigenvalue weighted by molar-refractivity contribution is 6.04. The Labute approximate surface area is 166 Å². The zero-order valence-electron chi connectivity index (χ0n) is 16.7. The van der Waals surface area contributed by atoms with Crippen molar-refractivity contribution in [3.8, 4) is 11.1 Å². The van der Waals surface area contributed by atoms with Crippen LogP contribution in [0.4, 0.5) is 5.69 Å². The number of aromatic nitrogens is 1. The van der Waals surface area contributed by atoms with Crippen LogP contribution in [-0.4, -0.2) is 28.9 Å². The van der Waals surface area contributed by atoms with Crippen LogP contribution in [0.2, 0.25) is 0 Å². The topological polar surface area (TPSA) is 48.5 Å². The molecule has 144 valence electrons. The SMILES string of the molecule is Cc1cc(-c2ccc3c(c2)N2NC(C4CCCC4)C=C2N(C)C3=O)cc(C)n1. The van der Waals surface area contributed by atoms with Gasteiger partial charge in [0.25, 0.3) is 5.91 Å². The van der Waals surface area contributed by atoms with Crippen molar-refractivity contribution in [1.29, 1.82) is 0 Å². The van der Waals surface area contributed by atoms with Gasteiger partial charge >= 0.3 is 0 Å². The minimum absolute atomic E-state index is 0.0556. The molecule has 5 heteroatoms. The maximum Gasteiger partial charge on any atom is 0.261 e. The Bertz CT molecular complexity index is 970. The third kappa shape index (κ3) is 2.73. The van der Waals surface area contributed by atoms with Gasteiger partial charge in [0.1, 0.15) is 5.82 Å². The number of rotatable bonds is 2. The van der Waals surface area contributed by atoms with Gasteiger partial charge < -0.3 is 0 Å². The highest BCUT2D eigenvalue weighted by Crippen LogP contribution is 2.39. The summed E-state index contributed by atoms with van der Waals surface area (Å²) >= 11 is 0. The van der Waals surface area contributed by atoms with Gasteiger partial charge in [-0.2, -0.15) is 0 Å². The summed E-state index contributed by atoms with van der Waals surface area (Å²) in [5.41, 5.74) is 9.61. The molecule has 2 aromatic rings. The number of hydrazine groups is 1. The lowest BCUT2D eigenvalue weighted by molar-refractivity contribution is 0.0824. The summed E-state index contributed by atoms with van der Waals surface area (Å²) in [6, 6.07) is 10.6. The molecule has 0 saturated heterocycles. The third-order valence-corrected chi connectivity index (χ3v) is 6.28. The molecule has 1 N–H and O–H groups in total. The van der Waals surface area contributed by atoms with E-state index >= 15 is 0 Å². The summed E-state index contributed by atoms with van der Waals surface area (Å²) < 4.78 is 0. The van der Waals surface area contributed by atoms with Gasteiger partial charge in [0, 0.05) is 18.4 Å². The summed E-state index contributed by atoms with van der Waals surface area (Å²) in [7, 11) is 1.87. The Morgan fingerprint density at radius 1 is 1.04 bits per heavy atom. The van der Waals surface area contributed by atoms with Crippen molar-refractivity contribution in [3.63, 3.8) is 0 Å². The van der Waals surface area contributed by atoms with Crippen LogP contribution in [0.5, 0.6) is 0 Å². The second-order valence-electron chi connectivity index (χ2n) is 8.29. The summed E-state index contributed by atoms with van der Waals surface area (Å²) in [5.74, 6) is 1.66. The normalized spacial score (nSPS) is 21.8. The van der Waals surface area contributed by atoms with Crippen LogP contribution in [0.25, 0.3) is 11.1 Å². The molecule has 1 saturated carbocycles.